The lowest BCUT2D eigenvalue weighted by Gasteiger charge is -2.25. The molecule has 8 nitrogen and oxygen atoms in total. The predicted octanol–water partition coefficient (Wildman–Crippen LogP) is 1.91. The summed E-state index contributed by atoms with van der Waals surface area (Å²) in [4.78, 5) is 15.5. The molecular formula is C21H25N3O5S. The molecule has 30 heavy (non-hydrogen) atoms. The van der Waals surface area contributed by atoms with Crippen LogP contribution in [-0.4, -0.2) is 53.2 Å². The van der Waals surface area contributed by atoms with Crippen molar-refractivity contribution in [1.82, 2.24) is 9.62 Å². The van der Waals surface area contributed by atoms with E-state index in [1.807, 2.05) is 37.2 Å². The average Bonchev–Trinajstić information content (AvgIpc) is 3.33. The highest BCUT2D eigenvalue weighted by atomic mass is 32.2. The second kappa shape index (κ2) is 7.90. The van der Waals surface area contributed by atoms with E-state index in [4.69, 9.17) is 9.47 Å². The van der Waals surface area contributed by atoms with E-state index >= 15 is 0 Å². The number of sulfonamides is 1. The molecule has 0 radical (unpaired) electrons. The van der Waals surface area contributed by atoms with E-state index < -0.39 is 10.0 Å². The molecule has 2 aromatic carbocycles. The molecule has 160 valence electrons. The normalized spacial score (nSPS) is 16.1. The Kier molecular flexibility index (Phi) is 5.44. The SMILES string of the molecule is CC(=O)N1CCc2cc(S(=O)(=O)NC[C@@H](c3ccc4c(c3)OCO4)N(C)C)ccc21. The first-order chi connectivity index (χ1) is 14.3. The molecule has 1 N–H and O–H groups in total. The van der Waals surface area contributed by atoms with Crippen LogP contribution in [0.4, 0.5) is 5.69 Å². The third kappa shape index (κ3) is 3.88. The zero-order valence-corrected chi connectivity index (χ0v) is 18.0. The lowest BCUT2D eigenvalue weighted by molar-refractivity contribution is -0.116. The van der Waals surface area contributed by atoms with E-state index in [0.717, 1.165) is 16.8 Å². The maximum Gasteiger partial charge on any atom is 0.240 e. The van der Waals surface area contributed by atoms with E-state index in [-0.39, 0.29) is 30.2 Å². The molecule has 0 fully saturated rings. The second-order valence-electron chi connectivity index (χ2n) is 7.66. The molecular weight excluding hydrogens is 406 g/mol. The van der Waals surface area contributed by atoms with Gasteiger partial charge in [-0.25, -0.2) is 13.1 Å². The van der Waals surface area contributed by atoms with Gasteiger partial charge in [0.15, 0.2) is 11.5 Å². The molecule has 1 atom stereocenters. The molecule has 0 bridgehead atoms. The quantitative estimate of drug-likeness (QED) is 0.752. The van der Waals surface area contributed by atoms with E-state index in [2.05, 4.69) is 4.72 Å². The summed E-state index contributed by atoms with van der Waals surface area (Å²) in [6.45, 7) is 2.48. The number of fused-ring (bicyclic) bond motifs is 2. The molecule has 0 spiro atoms. The Balaban J connectivity index is 1.52. The Bertz CT molecular complexity index is 1080. The first-order valence-electron chi connectivity index (χ1n) is 9.73. The van der Waals surface area contributed by atoms with Crippen molar-refractivity contribution in [2.75, 3.05) is 38.9 Å². The zero-order chi connectivity index (χ0) is 21.5. The number of likely N-dealkylation sites (N-methyl/N-ethyl adjacent to an activating group) is 1. The highest BCUT2D eigenvalue weighted by Crippen LogP contribution is 2.35. The maximum atomic E-state index is 12.9. The average molecular weight is 432 g/mol. The van der Waals surface area contributed by atoms with Crippen molar-refractivity contribution < 1.29 is 22.7 Å². The molecule has 0 aromatic heterocycles. The third-order valence-corrected chi connectivity index (χ3v) is 6.93. The first kappa shape index (κ1) is 20.6. The minimum absolute atomic E-state index is 0.0416. The Morgan fingerprint density at radius 1 is 1.17 bits per heavy atom. The summed E-state index contributed by atoms with van der Waals surface area (Å²) >= 11 is 0. The van der Waals surface area contributed by atoms with Gasteiger partial charge in [0.1, 0.15) is 0 Å². The monoisotopic (exact) mass is 431 g/mol. The van der Waals surface area contributed by atoms with Crippen LogP contribution in [-0.2, 0) is 21.2 Å². The van der Waals surface area contributed by atoms with E-state index in [1.54, 1.807) is 23.1 Å². The Morgan fingerprint density at radius 3 is 2.67 bits per heavy atom. The Hall–Kier alpha value is -2.62. The van der Waals surface area contributed by atoms with Crippen molar-refractivity contribution in [3.05, 3.63) is 47.5 Å². The minimum Gasteiger partial charge on any atom is -0.454 e. The molecule has 0 aliphatic carbocycles. The van der Waals surface area contributed by atoms with Gasteiger partial charge in [0, 0.05) is 31.7 Å². The summed E-state index contributed by atoms with van der Waals surface area (Å²) in [6, 6.07) is 10.4. The number of nitrogens with zero attached hydrogens (tertiary/aromatic N) is 2. The number of benzene rings is 2. The van der Waals surface area contributed by atoms with Crippen molar-refractivity contribution in [1.29, 1.82) is 0 Å². The molecule has 4 rings (SSSR count). The fraction of sp³-hybridized carbons (Fsp3) is 0.381. The van der Waals surface area contributed by atoms with Crippen LogP contribution in [0.5, 0.6) is 11.5 Å². The molecule has 1 amide bonds. The highest BCUT2D eigenvalue weighted by molar-refractivity contribution is 7.89. The summed E-state index contributed by atoms with van der Waals surface area (Å²) in [5, 5.41) is 0. The van der Waals surface area contributed by atoms with Crippen LogP contribution in [0.1, 0.15) is 24.1 Å². The Morgan fingerprint density at radius 2 is 1.93 bits per heavy atom. The van der Waals surface area contributed by atoms with Crippen LogP contribution in [0, 0.1) is 0 Å². The van der Waals surface area contributed by atoms with E-state index in [1.165, 1.54) is 6.92 Å². The summed E-state index contributed by atoms with van der Waals surface area (Å²) in [5.41, 5.74) is 2.58. The van der Waals surface area contributed by atoms with Gasteiger partial charge in [-0.15, -0.1) is 0 Å². The number of hydrogen-bond acceptors (Lipinski definition) is 6. The number of amides is 1. The third-order valence-electron chi connectivity index (χ3n) is 5.51. The van der Waals surface area contributed by atoms with Crippen molar-refractivity contribution in [3.8, 4) is 11.5 Å². The fourth-order valence-corrected chi connectivity index (χ4v) is 4.95. The molecule has 2 heterocycles. The van der Waals surface area contributed by atoms with Gasteiger partial charge >= 0.3 is 0 Å². The molecule has 2 aliphatic heterocycles. The lowest BCUT2D eigenvalue weighted by atomic mass is 10.1. The predicted molar refractivity (Wildman–Crippen MR) is 112 cm³/mol. The van der Waals surface area contributed by atoms with Crippen LogP contribution >= 0.6 is 0 Å². The molecule has 0 unspecified atom stereocenters. The number of carbonyl (C=O) groups is 1. The van der Waals surface area contributed by atoms with Crippen molar-refractivity contribution in [3.63, 3.8) is 0 Å². The van der Waals surface area contributed by atoms with E-state index in [0.29, 0.717) is 24.5 Å². The number of hydrogen-bond donors (Lipinski definition) is 1. The second-order valence-corrected chi connectivity index (χ2v) is 9.42. The van der Waals surface area contributed by atoms with E-state index in [9.17, 15) is 13.2 Å². The van der Waals surface area contributed by atoms with Gasteiger partial charge in [-0.2, -0.15) is 0 Å². The van der Waals surface area contributed by atoms with Crippen LogP contribution in [0.15, 0.2) is 41.3 Å². The standard InChI is InChI=1S/C21H25N3O5S/c1-14(25)24-9-8-16-10-17(5-6-18(16)24)30(26,27)22-12-19(23(2)3)15-4-7-20-21(11-15)29-13-28-20/h4-7,10-11,19,22H,8-9,12-13H2,1-3H3/t19-/m0/s1. The fourth-order valence-electron chi connectivity index (χ4n) is 3.86. The van der Waals surface area contributed by atoms with Gasteiger partial charge in [-0.3, -0.25) is 4.79 Å². The van der Waals surface area contributed by atoms with Gasteiger partial charge in [0.05, 0.1) is 4.90 Å². The van der Waals surface area contributed by atoms with Crippen LogP contribution in [0.2, 0.25) is 0 Å². The van der Waals surface area contributed by atoms with Gasteiger partial charge in [0.25, 0.3) is 0 Å². The maximum absolute atomic E-state index is 12.9. The Labute approximate surface area is 176 Å². The summed E-state index contributed by atoms with van der Waals surface area (Å²) in [6.07, 6.45) is 0.649. The summed E-state index contributed by atoms with van der Waals surface area (Å²) in [7, 11) is 0.0925. The van der Waals surface area contributed by atoms with Crippen LogP contribution < -0.4 is 19.1 Å². The first-order valence-corrected chi connectivity index (χ1v) is 11.2. The number of carbonyl (C=O) groups excluding carboxylic acids is 1. The number of anilines is 1. The van der Waals surface area contributed by atoms with Gasteiger partial charge in [-0.1, -0.05) is 6.07 Å². The van der Waals surface area contributed by atoms with Gasteiger partial charge in [-0.05, 0) is 62.0 Å². The van der Waals surface area contributed by atoms with Gasteiger partial charge in [0.2, 0.25) is 22.7 Å². The smallest absolute Gasteiger partial charge is 0.240 e. The van der Waals surface area contributed by atoms with Crippen molar-refractivity contribution in [2.24, 2.45) is 0 Å². The largest absolute Gasteiger partial charge is 0.454 e. The molecule has 0 saturated carbocycles. The van der Waals surface area contributed by atoms with Crippen molar-refractivity contribution >= 4 is 21.6 Å². The molecule has 2 aliphatic rings. The number of ether oxygens (including phenoxy) is 2. The summed E-state index contributed by atoms with van der Waals surface area (Å²) < 4.78 is 39.4. The molecule has 9 heteroatoms. The molecule has 0 saturated heterocycles. The zero-order valence-electron chi connectivity index (χ0n) is 17.2. The minimum atomic E-state index is -3.70. The lowest BCUT2D eigenvalue weighted by Crippen LogP contribution is -2.34. The topological polar surface area (TPSA) is 88.2 Å². The van der Waals surface area contributed by atoms with Crippen molar-refractivity contribution in [2.45, 2.75) is 24.3 Å². The number of nitrogens with one attached hydrogen (secondary N) is 1. The molecule has 2 aromatic rings. The number of rotatable bonds is 6. The highest BCUT2D eigenvalue weighted by Gasteiger charge is 2.26. The van der Waals surface area contributed by atoms with Crippen LogP contribution in [0.25, 0.3) is 0 Å². The van der Waals surface area contributed by atoms with Gasteiger partial charge < -0.3 is 19.3 Å². The summed E-state index contributed by atoms with van der Waals surface area (Å²) in [5.74, 6) is 1.31. The van der Waals surface area contributed by atoms with Crippen LogP contribution in [0.3, 0.4) is 0 Å².